The van der Waals surface area contributed by atoms with Gasteiger partial charge in [0.25, 0.3) is 0 Å². The highest BCUT2D eigenvalue weighted by Crippen LogP contribution is 2.18. The number of ether oxygens (including phenoxy) is 2. The van der Waals surface area contributed by atoms with E-state index in [2.05, 4.69) is 5.32 Å². The van der Waals surface area contributed by atoms with Gasteiger partial charge >= 0.3 is 5.97 Å². The summed E-state index contributed by atoms with van der Waals surface area (Å²) in [6.07, 6.45) is 0. The Balaban J connectivity index is 1.95. The maximum atomic E-state index is 12.2. The summed E-state index contributed by atoms with van der Waals surface area (Å²) in [7, 11) is 1.46. The molecule has 0 saturated heterocycles. The fourth-order valence-electron chi connectivity index (χ4n) is 2.13. The van der Waals surface area contributed by atoms with Gasteiger partial charge in [0.15, 0.2) is 12.4 Å². The Bertz CT molecular complexity index is 796. The zero-order valence-electron chi connectivity index (χ0n) is 14.9. The second-order valence-electron chi connectivity index (χ2n) is 5.92. The summed E-state index contributed by atoms with van der Waals surface area (Å²) in [4.78, 5) is 35.9. The largest absolute Gasteiger partial charge is 0.496 e. The Morgan fingerprint density at radius 1 is 1.00 bits per heavy atom. The SMILES string of the molecule is COc1ccccc1C(=O)OCC(=O)c1ccc(NC(=O)C(C)C)cc1. The normalized spacial score (nSPS) is 10.3. The molecule has 1 N–H and O–H groups in total. The topological polar surface area (TPSA) is 81.7 Å². The van der Waals surface area contributed by atoms with Crippen LogP contribution in [0.4, 0.5) is 5.69 Å². The number of hydrogen-bond donors (Lipinski definition) is 1. The first kappa shape index (κ1) is 19.2. The summed E-state index contributed by atoms with van der Waals surface area (Å²) < 4.78 is 10.2. The van der Waals surface area contributed by atoms with Gasteiger partial charge in [-0.25, -0.2) is 4.79 Å². The molecule has 1 amide bonds. The van der Waals surface area contributed by atoms with Gasteiger partial charge in [-0.3, -0.25) is 9.59 Å². The lowest BCUT2D eigenvalue weighted by Gasteiger charge is -2.09. The van der Waals surface area contributed by atoms with Crippen molar-refractivity contribution in [3.05, 3.63) is 59.7 Å². The number of anilines is 1. The molecule has 0 radical (unpaired) electrons. The molecule has 2 aromatic rings. The van der Waals surface area contributed by atoms with Gasteiger partial charge in [0.05, 0.1) is 7.11 Å². The number of rotatable bonds is 7. The number of carbonyl (C=O) groups is 3. The van der Waals surface area contributed by atoms with Crippen molar-refractivity contribution >= 4 is 23.3 Å². The molecule has 0 spiro atoms. The van der Waals surface area contributed by atoms with E-state index in [1.54, 1.807) is 62.4 Å². The minimum Gasteiger partial charge on any atom is -0.496 e. The fraction of sp³-hybridized carbons (Fsp3) is 0.250. The van der Waals surface area contributed by atoms with Crippen LogP contribution >= 0.6 is 0 Å². The number of amides is 1. The molecular formula is C20H21NO5. The molecule has 6 heteroatoms. The summed E-state index contributed by atoms with van der Waals surface area (Å²) in [5.41, 5.74) is 1.25. The van der Waals surface area contributed by atoms with Crippen LogP contribution in [0.15, 0.2) is 48.5 Å². The zero-order chi connectivity index (χ0) is 19.1. The van der Waals surface area contributed by atoms with E-state index in [0.717, 1.165) is 0 Å². The summed E-state index contributed by atoms with van der Waals surface area (Å²) in [5, 5.41) is 2.74. The lowest BCUT2D eigenvalue weighted by atomic mass is 10.1. The molecule has 0 aromatic heterocycles. The smallest absolute Gasteiger partial charge is 0.342 e. The number of esters is 1. The molecule has 0 bridgehead atoms. The maximum absolute atomic E-state index is 12.2. The molecule has 0 fully saturated rings. The van der Waals surface area contributed by atoms with E-state index in [9.17, 15) is 14.4 Å². The number of nitrogens with one attached hydrogen (secondary N) is 1. The van der Waals surface area contributed by atoms with Gasteiger partial charge in [-0.05, 0) is 36.4 Å². The van der Waals surface area contributed by atoms with Crippen molar-refractivity contribution in [3.8, 4) is 5.75 Å². The third kappa shape index (κ3) is 4.92. The van der Waals surface area contributed by atoms with Gasteiger partial charge in [-0.1, -0.05) is 26.0 Å². The second-order valence-corrected chi connectivity index (χ2v) is 5.92. The summed E-state index contributed by atoms with van der Waals surface area (Å²) >= 11 is 0. The van der Waals surface area contributed by atoms with Crippen LogP contribution in [-0.2, 0) is 9.53 Å². The lowest BCUT2D eigenvalue weighted by Crippen LogP contribution is -2.18. The minimum absolute atomic E-state index is 0.102. The first-order valence-corrected chi connectivity index (χ1v) is 8.16. The number of carbonyl (C=O) groups excluding carboxylic acids is 3. The van der Waals surface area contributed by atoms with Gasteiger partial charge in [-0.2, -0.15) is 0 Å². The Kier molecular flexibility index (Phi) is 6.49. The molecule has 2 aromatic carbocycles. The number of hydrogen-bond acceptors (Lipinski definition) is 5. The van der Waals surface area contributed by atoms with Gasteiger partial charge in [-0.15, -0.1) is 0 Å². The fourth-order valence-corrected chi connectivity index (χ4v) is 2.13. The maximum Gasteiger partial charge on any atom is 0.342 e. The molecule has 2 rings (SSSR count). The third-order valence-corrected chi connectivity index (χ3v) is 3.66. The van der Waals surface area contributed by atoms with E-state index in [-0.39, 0.29) is 29.8 Å². The molecule has 0 unspecified atom stereocenters. The minimum atomic E-state index is -0.628. The van der Waals surface area contributed by atoms with Crippen LogP contribution in [0.5, 0.6) is 5.75 Å². The molecule has 0 aliphatic carbocycles. The summed E-state index contributed by atoms with van der Waals surface area (Å²) in [5.74, 6) is -0.817. The average molecular weight is 355 g/mol. The molecule has 26 heavy (non-hydrogen) atoms. The molecule has 136 valence electrons. The molecule has 0 atom stereocenters. The van der Waals surface area contributed by atoms with Crippen molar-refractivity contribution in [1.82, 2.24) is 0 Å². The van der Waals surface area contributed by atoms with E-state index in [4.69, 9.17) is 9.47 Å². The Labute approximate surface area is 152 Å². The Hall–Kier alpha value is -3.15. The highest BCUT2D eigenvalue weighted by Gasteiger charge is 2.15. The monoisotopic (exact) mass is 355 g/mol. The highest BCUT2D eigenvalue weighted by atomic mass is 16.5. The molecule has 0 heterocycles. The van der Waals surface area contributed by atoms with Crippen LogP contribution in [0.1, 0.15) is 34.6 Å². The van der Waals surface area contributed by atoms with Crippen molar-refractivity contribution in [3.63, 3.8) is 0 Å². The molecular weight excluding hydrogens is 334 g/mol. The van der Waals surface area contributed by atoms with Crippen molar-refractivity contribution in [2.75, 3.05) is 19.0 Å². The van der Waals surface area contributed by atoms with Gasteiger partial charge < -0.3 is 14.8 Å². The molecule has 0 aliphatic rings. The predicted molar refractivity (Wildman–Crippen MR) is 97.5 cm³/mol. The van der Waals surface area contributed by atoms with Crippen LogP contribution in [0.3, 0.4) is 0 Å². The first-order valence-electron chi connectivity index (χ1n) is 8.16. The van der Waals surface area contributed by atoms with Gasteiger partial charge in [0.1, 0.15) is 11.3 Å². The number of methoxy groups -OCH3 is 1. The van der Waals surface area contributed by atoms with Crippen LogP contribution in [-0.4, -0.2) is 31.4 Å². The van der Waals surface area contributed by atoms with Crippen molar-refractivity contribution in [2.45, 2.75) is 13.8 Å². The first-order chi connectivity index (χ1) is 12.4. The Morgan fingerprint density at radius 3 is 2.27 bits per heavy atom. The summed E-state index contributed by atoms with van der Waals surface area (Å²) in [6.45, 7) is 3.21. The summed E-state index contributed by atoms with van der Waals surface area (Å²) in [6, 6.07) is 13.1. The van der Waals surface area contributed by atoms with Crippen LogP contribution in [0, 0.1) is 5.92 Å². The number of para-hydroxylation sites is 1. The van der Waals surface area contributed by atoms with Crippen molar-refractivity contribution in [1.29, 1.82) is 0 Å². The van der Waals surface area contributed by atoms with Crippen molar-refractivity contribution in [2.24, 2.45) is 5.92 Å². The quantitative estimate of drug-likeness (QED) is 0.608. The Morgan fingerprint density at radius 2 is 1.65 bits per heavy atom. The van der Waals surface area contributed by atoms with E-state index < -0.39 is 5.97 Å². The van der Waals surface area contributed by atoms with E-state index >= 15 is 0 Å². The van der Waals surface area contributed by atoms with Crippen molar-refractivity contribution < 1.29 is 23.9 Å². The van der Waals surface area contributed by atoms with Crippen LogP contribution < -0.4 is 10.1 Å². The zero-order valence-corrected chi connectivity index (χ0v) is 14.9. The van der Waals surface area contributed by atoms with Crippen LogP contribution in [0.2, 0.25) is 0 Å². The molecule has 0 saturated carbocycles. The van der Waals surface area contributed by atoms with Gasteiger partial charge in [0, 0.05) is 17.2 Å². The molecule has 0 aliphatic heterocycles. The third-order valence-electron chi connectivity index (χ3n) is 3.66. The van der Waals surface area contributed by atoms with E-state index in [1.165, 1.54) is 7.11 Å². The predicted octanol–water partition coefficient (Wildman–Crippen LogP) is 3.33. The average Bonchev–Trinajstić information content (AvgIpc) is 2.66. The highest BCUT2D eigenvalue weighted by molar-refractivity contribution is 6.00. The lowest BCUT2D eigenvalue weighted by molar-refractivity contribution is -0.118. The molecule has 6 nitrogen and oxygen atoms in total. The van der Waals surface area contributed by atoms with E-state index in [0.29, 0.717) is 17.0 Å². The number of ketones is 1. The van der Waals surface area contributed by atoms with Gasteiger partial charge in [0.2, 0.25) is 5.91 Å². The standard InChI is InChI=1S/C20H21NO5/c1-13(2)19(23)21-15-10-8-14(9-11-15)17(22)12-26-20(24)16-6-4-5-7-18(16)25-3/h4-11,13H,12H2,1-3H3,(H,21,23). The van der Waals surface area contributed by atoms with Crippen LogP contribution in [0.25, 0.3) is 0 Å². The second kappa shape index (κ2) is 8.80. The number of Topliss-reactive ketones (excluding diaryl/α,β-unsaturated/α-hetero) is 1. The van der Waals surface area contributed by atoms with E-state index in [1.807, 2.05) is 0 Å². The number of benzene rings is 2.